The molecule has 2 nitrogen and oxygen atoms in total. The third-order valence-electron chi connectivity index (χ3n) is 4.57. The minimum absolute atomic E-state index is 0.293. The van der Waals surface area contributed by atoms with Gasteiger partial charge < -0.3 is 9.47 Å². The Balaban J connectivity index is 1.98. The van der Waals surface area contributed by atoms with E-state index in [0.717, 1.165) is 13.0 Å². The molecule has 3 bridgehead atoms. The summed E-state index contributed by atoms with van der Waals surface area (Å²) in [5.41, 5.74) is 0.293. The van der Waals surface area contributed by atoms with Gasteiger partial charge in [0, 0.05) is 17.8 Å². The molecule has 3 aliphatic rings. The molecule has 3 fully saturated rings. The Labute approximate surface area is 79.6 Å². The highest BCUT2D eigenvalue weighted by atomic mass is 16.5. The van der Waals surface area contributed by atoms with E-state index in [1.165, 1.54) is 12.8 Å². The van der Waals surface area contributed by atoms with Crippen molar-refractivity contribution >= 4 is 0 Å². The first-order valence-electron chi connectivity index (χ1n) is 5.51. The Morgan fingerprint density at radius 1 is 1.31 bits per heavy atom. The lowest BCUT2D eigenvalue weighted by Gasteiger charge is -2.46. The molecule has 74 valence electrons. The number of ether oxygens (including phenoxy) is 2. The molecule has 0 aromatic rings. The normalized spacial score (nSPS) is 58.6. The maximum absolute atomic E-state index is 6.06. The van der Waals surface area contributed by atoms with Gasteiger partial charge in [0.05, 0.1) is 24.9 Å². The molecular weight excluding hydrogens is 164 g/mol. The van der Waals surface area contributed by atoms with Gasteiger partial charge in [-0.1, -0.05) is 13.8 Å². The van der Waals surface area contributed by atoms with E-state index in [1.807, 2.05) is 0 Å². The van der Waals surface area contributed by atoms with E-state index in [1.54, 1.807) is 0 Å². The molecule has 0 aromatic carbocycles. The van der Waals surface area contributed by atoms with Gasteiger partial charge in [-0.25, -0.2) is 0 Å². The summed E-state index contributed by atoms with van der Waals surface area (Å²) in [6.45, 7) is 5.55. The monoisotopic (exact) mass is 182 g/mol. The average molecular weight is 182 g/mol. The van der Waals surface area contributed by atoms with Gasteiger partial charge in [0.15, 0.2) is 0 Å². The van der Waals surface area contributed by atoms with Crippen LogP contribution in [0.2, 0.25) is 0 Å². The molecule has 3 aliphatic heterocycles. The van der Waals surface area contributed by atoms with E-state index >= 15 is 0 Å². The number of hydrogen-bond acceptors (Lipinski definition) is 2. The predicted molar refractivity (Wildman–Crippen MR) is 49.5 cm³/mol. The first-order valence-corrected chi connectivity index (χ1v) is 5.51. The molecule has 0 saturated carbocycles. The number of rotatable bonds is 1. The molecule has 3 heterocycles. The van der Waals surface area contributed by atoms with Crippen molar-refractivity contribution in [3.8, 4) is 0 Å². The fourth-order valence-electron chi connectivity index (χ4n) is 3.29. The highest BCUT2D eigenvalue weighted by molar-refractivity contribution is 5.05. The van der Waals surface area contributed by atoms with Crippen LogP contribution in [0.4, 0.5) is 0 Å². The molecule has 0 aliphatic carbocycles. The lowest BCUT2D eigenvalue weighted by atomic mass is 9.74. The smallest absolute Gasteiger partial charge is 0.0678 e. The van der Waals surface area contributed by atoms with Crippen molar-refractivity contribution in [2.45, 2.75) is 51.4 Å². The molecule has 5 unspecified atom stereocenters. The maximum Gasteiger partial charge on any atom is 0.0678 e. The molecule has 0 aromatic heterocycles. The molecular formula is C11H18O2. The van der Waals surface area contributed by atoms with E-state index in [9.17, 15) is 0 Å². The molecule has 3 saturated heterocycles. The van der Waals surface area contributed by atoms with Crippen LogP contribution in [0.25, 0.3) is 0 Å². The van der Waals surface area contributed by atoms with Gasteiger partial charge >= 0.3 is 0 Å². The summed E-state index contributed by atoms with van der Waals surface area (Å²) in [6, 6.07) is 0. The zero-order valence-corrected chi connectivity index (χ0v) is 8.45. The van der Waals surface area contributed by atoms with E-state index < -0.39 is 0 Å². The van der Waals surface area contributed by atoms with Crippen LogP contribution in [-0.2, 0) is 9.47 Å². The Bertz CT molecular complexity index is 218. The molecule has 5 atom stereocenters. The fourth-order valence-corrected chi connectivity index (χ4v) is 3.29. The van der Waals surface area contributed by atoms with Crippen LogP contribution in [-0.4, -0.2) is 24.9 Å². The van der Waals surface area contributed by atoms with Gasteiger partial charge in [-0.05, 0) is 12.8 Å². The number of fused-ring (bicyclic) bond motifs is 2. The number of hydrogen-bond donors (Lipinski definition) is 0. The van der Waals surface area contributed by atoms with Crippen LogP contribution >= 0.6 is 0 Å². The Morgan fingerprint density at radius 3 is 2.92 bits per heavy atom. The highest BCUT2D eigenvalue weighted by Gasteiger charge is 2.57. The quantitative estimate of drug-likeness (QED) is 0.617. The second-order valence-electron chi connectivity index (χ2n) is 5.08. The summed E-state index contributed by atoms with van der Waals surface area (Å²) in [6.07, 6.45) is 5.05. The fraction of sp³-hybridized carbons (Fsp3) is 1.00. The van der Waals surface area contributed by atoms with Crippen LogP contribution in [0.15, 0.2) is 0 Å². The maximum atomic E-state index is 6.06. The summed E-state index contributed by atoms with van der Waals surface area (Å²) in [4.78, 5) is 0. The van der Waals surface area contributed by atoms with Crippen molar-refractivity contribution in [3.63, 3.8) is 0 Å². The minimum Gasteiger partial charge on any atom is -0.377 e. The topological polar surface area (TPSA) is 18.5 Å². The van der Waals surface area contributed by atoms with Crippen LogP contribution in [0, 0.1) is 11.3 Å². The van der Waals surface area contributed by atoms with Gasteiger partial charge in [0.1, 0.15) is 0 Å². The van der Waals surface area contributed by atoms with Crippen molar-refractivity contribution in [3.05, 3.63) is 0 Å². The molecule has 0 N–H and O–H groups in total. The molecule has 3 rings (SSSR count). The molecule has 0 amide bonds. The van der Waals surface area contributed by atoms with Crippen LogP contribution < -0.4 is 0 Å². The Hall–Kier alpha value is -0.0800. The predicted octanol–water partition coefficient (Wildman–Crippen LogP) is 1.98. The van der Waals surface area contributed by atoms with Crippen LogP contribution in [0.5, 0.6) is 0 Å². The zero-order valence-electron chi connectivity index (χ0n) is 8.45. The lowest BCUT2D eigenvalue weighted by Crippen LogP contribution is -2.51. The average Bonchev–Trinajstić information content (AvgIpc) is 2.50. The SMILES string of the molecule is CCC1(C)C2CC3OC1CC3CO2. The van der Waals surface area contributed by atoms with Crippen LogP contribution in [0.1, 0.15) is 33.1 Å². The lowest BCUT2D eigenvalue weighted by molar-refractivity contribution is -0.196. The summed E-state index contributed by atoms with van der Waals surface area (Å²) in [7, 11) is 0. The van der Waals surface area contributed by atoms with Crippen molar-refractivity contribution in [1.82, 2.24) is 0 Å². The van der Waals surface area contributed by atoms with Crippen molar-refractivity contribution in [1.29, 1.82) is 0 Å². The molecule has 0 spiro atoms. The molecule has 0 radical (unpaired) electrons. The standard InChI is InChI=1S/C11H18O2/c1-3-11(2)9-5-8-7(6-12-9)4-10(11)13-8/h7-10H,3-6H2,1-2H3. The van der Waals surface area contributed by atoms with E-state index in [2.05, 4.69) is 13.8 Å². The van der Waals surface area contributed by atoms with Gasteiger partial charge in [0.2, 0.25) is 0 Å². The van der Waals surface area contributed by atoms with Crippen LogP contribution in [0.3, 0.4) is 0 Å². The van der Waals surface area contributed by atoms with Crippen molar-refractivity contribution < 1.29 is 9.47 Å². The van der Waals surface area contributed by atoms with E-state index in [4.69, 9.17) is 9.47 Å². The second-order valence-corrected chi connectivity index (χ2v) is 5.08. The summed E-state index contributed by atoms with van der Waals surface area (Å²) in [5, 5.41) is 0. The highest BCUT2D eigenvalue weighted by Crippen LogP contribution is 2.53. The Morgan fingerprint density at radius 2 is 2.15 bits per heavy atom. The third kappa shape index (κ3) is 0.909. The third-order valence-corrected chi connectivity index (χ3v) is 4.57. The van der Waals surface area contributed by atoms with E-state index in [0.29, 0.717) is 29.6 Å². The largest absolute Gasteiger partial charge is 0.377 e. The minimum atomic E-state index is 0.293. The summed E-state index contributed by atoms with van der Waals surface area (Å²) >= 11 is 0. The molecule has 13 heavy (non-hydrogen) atoms. The van der Waals surface area contributed by atoms with Gasteiger partial charge in [-0.2, -0.15) is 0 Å². The van der Waals surface area contributed by atoms with Crippen molar-refractivity contribution in [2.75, 3.05) is 6.61 Å². The summed E-state index contributed by atoms with van der Waals surface area (Å²) in [5.74, 6) is 0.703. The first-order chi connectivity index (χ1) is 6.24. The van der Waals surface area contributed by atoms with Gasteiger partial charge in [-0.3, -0.25) is 0 Å². The first kappa shape index (κ1) is 8.25. The Kier molecular flexibility index (Phi) is 1.58. The zero-order chi connectivity index (χ0) is 9.05. The second kappa shape index (κ2) is 2.48. The molecule has 2 heteroatoms. The van der Waals surface area contributed by atoms with E-state index in [-0.39, 0.29) is 0 Å². The van der Waals surface area contributed by atoms with Crippen molar-refractivity contribution in [2.24, 2.45) is 11.3 Å². The van der Waals surface area contributed by atoms with Gasteiger partial charge in [0.25, 0.3) is 0 Å². The van der Waals surface area contributed by atoms with Gasteiger partial charge in [-0.15, -0.1) is 0 Å². The summed E-state index contributed by atoms with van der Waals surface area (Å²) < 4.78 is 12.0.